The van der Waals surface area contributed by atoms with Crippen LogP contribution in [0.3, 0.4) is 0 Å². The lowest BCUT2D eigenvalue weighted by atomic mass is 9.97. The Morgan fingerprint density at radius 3 is 2.54 bits per heavy atom. The van der Waals surface area contributed by atoms with E-state index in [1.807, 2.05) is 49.4 Å². The molecule has 0 bridgehead atoms. The van der Waals surface area contributed by atoms with Gasteiger partial charge in [-0.25, -0.2) is 14.9 Å². The quantitative estimate of drug-likeness (QED) is 0.935. The molecule has 3 rings (SSSR count). The third kappa shape index (κ3) is 2.76. The van der Waals surface area contributed by atoms with Crippen molar-refractivity contribution in [2.45, 2.75) is 12.6 Å². The minimum Gasteiger partial charge on any atom is -0.497 e. The van der Waals surface area contributed by atoms with Gasteiger partial charge in [-0.05, 0) is 36.8 Å². The SMILES string of the molecule is COc1ccc(OC)c(-c2cccc(C3(C)N=C(N)N(C)O3)c2)c1. The molecule has 6 heteroatoms. The van der Waals surface area contributed by atoms with E-state index >= 15 is 0 Å². The van der Waals surface area contributed by atoms with Crippen LogP contribution < -0.4 is 15.2 Å². The van der Waals surface area contributed by atoms with Crippen molar-refractivity contribution in [3.8, 4) is 22.6 Å². The fraction of sp³-hybridized carbons (Fsp3) is 0.278. The maximum absolute atomic E-state index is 5.84. The van der Waals surface area contributed by atoms with Gasteiger partial charge in [0, 0.05) is 18.2 Å². The molecule has 1 atom stereocenters. The van der Waals surface area contributed by atoms with Crippen LogP contribution in [0.5, 0.6) is 11.5 Å². The third-order valence-corrected chi connectivity index (χ3v) is 4.08. The summed E-state index contributed by atoms with van der Waals surface area (Å²) in [5.74, 6) is 1.88. The second kappa shape index (κ2) is 6.05. The van der Waals surface area contributed by atoms with E-state index in [1.54, 1.807) is 21.3 Å². The van der Waals surface area contributed by atoms with Gasteiger partial charge in [0.1, 0.15) is 11.5 Å². The van der Waals surface area contributed by atoms with Gasteiger partial charge >= 0.3 is 0 Å². The lowest BCUT2D eigenvalue weighted by molar-refractivity contribution is -0.163. The first-order valence-electron chi connectivity index (χ1n) is 7.58. The summed E-state index contributed by atoms with van der Waals surface area (Å²) in [6.07, 6.45) is 0. The lowest BCUT2D eigenvalue weighted by Crippen LogP contribution is -2.30. The molecule has 24 heavy (non-hydrogen) atoms. The highest BCUT2D eigenvalue weighted by atomic mass is 16.7. The van der Waals surface area contributed by atoms with E-state index < -0.39 is 5.72 Å². The van der Waals surface area contributed by atoms with E-state index in [2.05, 4.69) is 4.99 Å². The molecule has 126 valence electrons. The van der Waals surface area contributed by atoms with E-state index in [9.17, 15) is 0 Å². The molecule has 2 aromatic carbocycles. The minimum atomic E-state index is -0.846. The molecule has 2 N–H and O–H groups in total. The van der Waals surface area contributed by atoms with Gasteiger partial charge in [0.2, 0.25) is 11.7 Å². The minimum absolute atomic E-state index is 0.349. The summed E-state index contributed by atoms with van der Waals surface area (Å²) in [5.41, 5.74) is 7.81. The van der Waals surface area contributed by atoms with Crippen molar-refractivity contribution in [1.29, 1.82) is 0 Å². The molecule has 0 radical (unpaired) electrons. The number of hydrogen-bond acceptors (Lipinski definition) is 6. The molecule has 1 aliphatic heterocycles. The third-order valence-electron chi connectivity index (χ3n) is 4.08. The van der Waals surface area contributed by atoms with Gasteiger partial charge in [0.25, 0.3) is 0 Å². The predicted molar refractivity (Wildman–Crippen MR) is 92.8 cm³/mol. The van der Waals surface area contributed by atoms with E-state index in [1.165, 1.54) is 5.06 Å². The molecular weight excluding hydrogens is 306 g/mol. The molecule has 2 aromatic rings. The van der Waals surface area contributed by atoms with Crippen molar-refractivity contribution < 1.29 is 14.3 Å². The average Bonchev–Trinajstić information content (AvgIpc) is 2.88. The topological polar surface area (TPSA) is 69.3 Å². The van der Waals surface area contributed by atoms with Crippen LogP contribution in [0.25, 0.3) is 11.1 Å². The summed E-state index contributed by atoms with van der Waals surface area (Å²) in [6.45, 7) is 1.88. The Kier molecular flexibility index (Phi) is 4.07. The van der Waals surface area contributed by atoms with Gasteiger partial charge in [-0.3, -0.25) is 0 Å². The highest BCUT2D eigenvalue weighted by Crippen LogP contribution is 2.37. The molecular formula is C18H21N3O3. The molecule has 0 aliphatic carbocycles. The van der Waals surface area contributed by atoms with Crippen molar-refractivity contribution in [1.82, 2.24) is 5.06 Å². The smallest absolute Gasteiger partial charge is 0.218 e. The van der Waals surface area contributed by atoms with Crippen molar-refractivity contribution in [3.63, 3.8) is 0 Å². The normalized spacial score (nSPS) is 20.0. The molecule has 1 aliphatic rings. The number of methoxy groups -OCH3 is 2. The molecule has 0 saturated heterocycles. The van der Waals surface area contributed by atoms with Crippen LogP contribution in [0.15, 0.2) is 47.5 Å². The summed E-state index contributed by atoms with van der Waals surface area (Å²) >= 11 is 0. The number of guanidine groups is 1. The summed E-state index contributed by atoms with van der Waals surface area (Å²) in [4.78, 5) is 10.2. The number of ether oxygens (including phenoxy) is 2. The maximum atomic E-state index is 5.84. The van der Waals surface area contributed by atoms with Crippen molar-refractivity contribution in [2.75, 3.05) is 21.3 Å². The van der Waals surface area contributed by atoms with Gasteiger partial charge in [-0.1, -0.05) is 18.2 Å². The lowest BCUT2D eigenvalue weighted by Gasteiger charge is -2.22. The van der Waals surface area contributed by atoms with Gasteiger partial charge in [0.15, 0.2) is 0 Å². The largest absolute Gasteiger partial charge is 0.497 e. The van der Waals surface area contributed by atoms with Crippen LogP contribution in [0.2, 0.25) is 0 Å². The van der Waals surface area contributed by atoms with Crippen LogP contribution in [-0.4, -0.2) is 32.3 Å². The number of benzene rings is 2. The van der Waals surface area contributed by atoms with Crippen LogP contribution in [0, 0.1) is 0 Å². The summed E-state index contributed by atoms with van der Waals surface area (Å²) in [6, 6.07) is 13.7. The summed E-state index contributed by atoms with van der Waals surface area (Å²) in [5, 5.41) is 1.47. The number of aliphatic imine (C=N–C) groups is 1. The first-order chi connectivity index (χ1) is 11.5. The van der Waals surface area contributed by atoms with Gasteiger partial charge in [0.05, 0.1) is 14.2 Å². The molecule has 0 fully saturated rings. The number of nitrogens with two attached hydrogens (primary N) is 1. The van der Waals surface area contributed by atoms with Gasteiger partial charge in [-0.2, -0.15) is 0 Å². The van der Waals surface area contributed by atoms with E-state index in [-0.39, 0.29) is 0 Å². The summed E-state index contributed by atoms with van der Waals surface area (Å²) < 4.78 is 10.8. The Labute approximate surface area is 141 Å². The standard InChI is InChI=1S/C18H21N3O3/c1-18(20-17(19)21(2)24-18)13-7-5-6-12(10-13)15-11-14(22-3)8-9-16(15)23-4/h5-11H,1-4H3,(H2,19,20). The van der Waals surface area contributed by atoms with E-state index in [0.29, 0.717) is 5.96 Å². The molecule has 6 nitrogen and oxygen atoms in total. The molecule has 1 unspecified atom stereocenters. The number of rotatable bonds is 4. The Bertz CT molecular complexity index is 791. The predicted octanol–water partition coefficient (Wildman–Crippen LogP) is 2.74. The zero-order valence-electron chi connectivity index (χ0n) is 14.2. The molecule has 0 saturated carbocycles. The second-order valence-electron chi connectivity index (χ2n) is 5.69. The molecule has 0 spiro atoms. The fourth-order valence-electron chi connectivity index (χ4n) is 2.75. The number of hydroxylamine groups is 2. The highest BCUT2D eigenvalue weighted by Gasteiger charge is 2.36. The number of hydrogen-bond donors (Lipinski definition) is 1. The van der Waals surface area contributed by atoms with Crippen LogP contribution in [0.4, 0.5) is 0 Å². The molecule has 0 aromatic heterocycles. The van der Waals surface area contributed by atoms with Gasteiger partial charge in [-0.15, -0.1) is 0 Å². The first kappa shape index (κ1) is 16.1. The zero-order chi connectivity index (χ0) is 17.3. The van der Waals surface area contributed by atoms with Crippen LogP contribution >= 0.6 is 0 Å². The van der Waals surface area contributed by atoms with Gasteiger partial charge < -0.3 is 15.2 Å². The molecule has 1 heterocycles. The fourth-order valence-corrected chi connectivity index (χ4v) is 2.75. The monoisotopic (exact) mass is 327 g/mol. The van der Waals surface area contributed by atoms with E-state index in [0.717, 1.165) is 28.2 Å². The zero-order valence-corrected chi connectivity index (χ0v) is 14.2. The number of nitrogens with zero attached hydrogens (tertiary/aromatic N) is 2. The van der Waals surface area contributed by atoms with Crippen LogP contribution in [0.1, 0.15) is 12.5 Å². The molecule has 0 amide bonds. The Hall–Kier alpha value is -2.73. The van der Waals surface area contributed by atoms with Crippen LogP contribution in [-0.2, 0) is 10.6 Å². The maximum Gasteiger partial charge on any atom is 0.218 e. The van der Waals surface area contributed by atoms with E-state index in [4.69, 9.17) is 20.0 Å². The average molecular weight is 327 g/mol. The summed E-state index contributed by atoms with van der Waals surface area (Å²) in [7, 11) is 5.03. The van der Waals surface area contributed by atoms with Crippen molar-refractivity contribution >= 4 is 5.96 Å². The van der Waals surface area contributed by atoms with Crippen molar-refractivity contribution in [2.24, 2.45) is 10.7 Å². The first-order valence-corrected chi connectivity index (χ1v) is 7.58. The highest BCUT2D eigenvalue weighted by molar-refractivity contribution is 5.79. The second-order valence-corrected chi connectivity index (χ2v) is 5.69. The van der Waals surface area contributed by atoms with Crippen molar-refractivity contribution in [3.05, 3.63) is 48.0 Å². The Balaban J connectivity index is 2.06. The Morgan fingerprint density at radius 1 is 1.12 bits per heavy atom. The Morgan fingerprint density at radius 2 is 1.92 bits per heavy atom.